The molecule has 0 amide bonds. The van der Waals surface area contributed by atoms with Crippen molar-refractivity contribution in [3.8, 4) is 11.5 Å². The quantitative estimate of drug-likeness (QED) is 0.335. The van der Waals surface area contributed by atoms with Gasteiger partial charge < -0.3 is 9.15 Å². The fraction of sp³-hybridized carbons (Fsp3) is 0.0625. The molecule has 112 valence electrons. The Morgan fingerprint density at radius 3 is 2.45 bits per heavy atom. The van der Waals surface area contributed by atoms with Crippen molar-refractivity contribution in [3.63, 3.8) is 0 Å². The van der Waals surface area contributed by atoms with Gasteiger partial charge >= 0.3 is 5.63 Å². The minimum absolute atomic E-state index is 0.447. The van der Waals surface area contributed by atoms with E-state index in [9.17, 15) is 4.79 Å². The van der Waals surface area contributed by atoms with E-state index >= 15 is 0 Å². The van der Waals surface area contributed by atoms with Gasteiger partial charge in [0.05, 0.1) is 20.4 Å². The zero-order valence-corrected chi connectivity index (χ0v) is 15.9. The van der Waals surface area contributed by atoms with Crippen LogP contribution < -0.4 is 10.4 Å². The first-order chi connectivity index (χ1) is 10.6. The van der Waals surface area contributed by atoms with Gasteiger partial charge in [0.1, 0.15) is 11.3 Å². The van der Waals surface area contributed by atoms with Crippen molar-refractivity contribution in [3.05, 3.63) is 67.4 Å². The molecule has 0 bridgehead atoms. The van der Waals surface area contributed by atoms with Crippen LogP contribution in [0.15, 0.2) is 60.6 Å². The molecule has 22 heavy (non-hydrogen) atoms. The summed E-state index contributed by atoms with van der Waals surface area (Å²) >= 11 is 10.3. The summed E-state index contributed by atoms with van der Waals surface area (Å²) in [7, 11) is 0. The summed E-state index contributed by atoms with van der Waals surface area (Å²) in [5, 5.41) is 1.46. The highest BCUT2D eigenvalue weighted by atomic mass is 79.9. The van der Waals surface area contributed by atoms with Crippen molar-refractivity contribution in [2.45, 2.75) is 5.33 Å². The Kier molecular flexibility index (Phi) is 4.70. The molecule has 0 fully saturated rings. The molecule has 3 aromatic rings. The summed E-state index contributed by atoms with van der Waals surface area (Å²) in [6.07, 6.45) is 0. The third kappa shape index (κ3) is 3.14. The topological polar surface area (TPSA) is 39.4 Å². The highest BCUT2D eigenvalue weighted by molar-refractivity contribution is 9.11. The number of para-hydroxylation sites is 1. The lowest BCUT2D eigenvalue weighted by Gasteiger charge is -2.11. The van der Waals surface area contributed by atoms with Crippen molar-refractivity contribution >= 4 is 58.8 Å². The minimum atomic E-state index is -0.447. The first-order valence-electron chi connectivity index (χ1n) is 6.33. The van der Waals surface area contributed by atoms with Crippen LogP contribution in [0.1, 0.15) is 5.56 Å². The van der Waals surface area contributed by atoms with Gasteiger partial charge in [0, 0.05) is 5.33 Å². The summed E-state index contributed by atoms with van der Waals surface area (Å²) in [5.74, 6) is 1.07. The first-order valence-corrected chi connectivity index (χ1v) is 9.04. The zero-order chi connectivity index (χ0) is 15.7. The van der Waals surface area contributed by atoms with Gasteiger partial charge in [0.2, 0.25) is 0 Å². The molecule has 0 radical (unpaired) electrons. The van der Waals surface area contributed by atoms with E-state index in [1.54, 1.807) is 6.07 Å². The van der Waals surface area contributed by atoms with Crippen LogP contribution in [0.3, 0.4) is 0 Å². The lowest BCUT2D eigenvalue weighted by Crippen LogP contribution is -1.99. The second-order valence-electron chi connectivity index (χ2n) is 4.55. The number of hydrogen-bond acceptors (Lipinski definition) is 3. The van der Waals surface area contributed by atoms with E-state index in [1.807, 2.05) is 30.3 Å². The molecular formula is C16H9Br3O3. The van der Waals surface area contributed by atoms with Crippen molar-refractivity contribution in [1.29, 1.82) is 0 Å². The number of alkyl halides is 1. The number of benzene rings is 2. The Bertz CT molecular complexity index is 883. The van der Waals surface area contributed by atoms with E-state index in [1.165, 1.54) is 6.07 Å². The standard InChI is InChI=1S/C16H9Br3O3/c17-8-9-4-5-13-10(6-9)14(7-15(20)21-13)22-16-11(18)2-1-3-12(16)19/h1-7H,8H2. The van der Waals surface area contributed by atoms with Crippen molar-refractivity contribution in [1.82, 2.24) is 0 Å². The molecule has 0 aliphatic rings. The van der Waals surface area contributed by atoms with Crippen LogP contribution in [-0.2, 0) is 5.33 Å². The van der Waals surface area contributed by atoms with Gasteiger partial charge in [-0.05, 0) is 61.7 Å². The van der Waals surface area contributed by atoms with E-state index in [4.69, 9.17) is 9.15 Å². The molecule has 1 aromatic heterocycles. The van der Waals surface area contributed by atoms with E-state index in [-0.39, 0.29) is 0 Å². The number of rotatable bonds is 3. The summed E-state index contributed by atoms with van der Waals surface area (Å²) in [5.41, 5.74) is 1.12. The highest BCUT2D eigenvalue weighted by Crippen LogP contribution is 2.38. The normalized spacial score (nSPS) is 10.9. The molecule has 0 spiro atoms. The number of ether oxygens (including phenoxy) is 1. The molecule has 0 atom stereocenters. The molecule has 0 N–H and O–H groups in total. The van der Waals surface area contributed by atoms with Crippen LogP contribution in [0, 0.1) is 0 Å². The smallest absolute Gasteiger partial charge is 0.339 e. The third-order valence-corrected chi connectivity index (χ3v) is 4.95. The van der Waals surface area contributed by atoms with E-state index in [0.717, 1.165) is 19.9 Å². The number of hydrogen-bond donors (Lipinski definition) is 0. The lowest BCUT2D eigenvalue weighted by atomic mass is 10.1. The van der Waals surface area contributed by atoms with Crippen LogP contribution in [0.4, 0.5) is 0 Å². The molecular weight excluding hydrogens is 480 g/mol. The molecule has 1 heterocycles. The summed E-state index contributed by atoms with van der Waals surface area (Å²) in [6, 6.07) is 12.6. The van der Waals surface area contributed by atoms with E-state index in [0.29, 0.717) is 22.4 Å². The summed E-state index contributed by atoms with van der Waals surface area (Å²) in [6.45, 7) is 0. The molecule has 0 aliphatic heterocycles. The van der Waals surface area contributed by atoms with Gasteiger partial charge in [-0.2, -0.15) is 0 Å². The second kappa shape index (κ2) is 6.56. The Morgan fingerprint density at radius 2 is 1.77 bits per heavy atom. The first kappa shape index (κ1) is 15.8. The van der Waals surface area contributed by atoms with Crippen molar-refractivity contribution in [2.75, 3.05) is 0 Å². The fourth-order valence-electron chi connectivity index (χ4n) is 2.04. The molecule has 0 aliphatic carbocycles. The van der Waals surface area contributed by atoms with Crippen LogP contribution in [0.2, 0.25) is 0 Å². The Labute approximate surface area is 151 Å². The van der Waals surface area contributed by atoms with Crippen LogP contribution in [-0.4, -0.2) is 0 Å². The summed E-state index contributed by atoms with van der Waals surface area (Å²) in [4.78, 5) is 11.7. The predicted octanol–water partition coefficient (Wildman–Crippen LogP) is 6.01. The monoisotopic (exact) mass is 486 g/mol. The average molecular weight is 489 g/mol. The minimum Gasteiger partial charge on any atom is -0.454 e. The highest BCUT2D eigenvalue weighted by Gasteiger charge is 2.12. The Balaban J connectivity index is 2.19. The van der Waals surface area contributed by atoms with Crippen molar-refractivity contribution in [2.24, 2.45) is 0 Å². The van der Waals surface area contributed by atoms with Crippen LogP contribution >= 0.6 is 47.8 Å². The van der Waals surface area contributed by atoms with E-state index in [2.05, 4.69) is 47.8 Å². The molecule has 0 saturated carbocycles. The fourth-order valence-corrected chi connectivity index (χ4v) is 3.55. The SMILES string of the molecule is O=c1cc(Oc2c(Br)cccc2Br)c2cc(CBr)ccc2o1. The average Bonchev–Trinajstić information content (AvgIpc) is 2.50. The van der Waals surface area contributed by atoms with Gasteiger partial charge in [-0.15, -0.1) is 0 Å². The molecule has 6 heteroatoms. The van der Waals surface area contributed by atoms with Gasteiger partial charge in [-0.25, -0.2) is 4.79 Å². The molecule has 0 unspecified atom stereocenters. The van der Waals surface area contributed by atoms with E-state index < -0.39 is 5.63 Å². The maximum atomic E-state index is 11.7. The van der Waals surface area contributed by atoms with Crippen LogP contribution in [0.5, 0.6) is 11.5 Å². The predicted molar refractivity (Wildman–Crippen MR) is 97.0 cm³/mol. The number of halogens is 3. The molecule has 3 rings (SSSR count). The largest absolute Gasteiger partial charge is 0.454 e. The molecule has 0 saturated heterocycles. The Hall–Kier alpha value is -1.11. The van der Waals surface area contributed by atoms with Crippen molar-refractivity contribution < 1.29 is 9.15 Å². The van der Waals surface area contributed by atoms with Crippen LogP contribution in [0.25, 0.3) is 11.0 Å². The van der Waals surface area contributed by atoms with Gasteiger partial charge in [-0.3, -0.25) is 0 Å². The number of fused-ring (bicyclic) bond motifs is 1. The van der Waals surface area contributed by atoms with Gasteiger partial charge in [0.25, 0.3) is 0 Å². The summed E-state index contributed by atoms with van der Waals surface area (Å²) < 4.78 is 12.8. The Morgan fingerprint density at radius 1 is 1.05 bits per heavy atom. The van der Waals surface area contributed by atoms with Gasteiger partial charge in [-0.1, -0.05) is 28.1 Å². The molecule has 3 nitrogen and oxygen atoms in total. The zero-order valence-electron chi connectivity index (χ0n) is 11.1. The molecule has 2 aromatic carbocycles. The maximum absolute atomic E-state index is 11.7. The lowest BCUT2D eigenvalue weighted by molar-refractivity contribution is 0.470. The third-order valence-electron chi connectivity index (χ3n) is 3.05. The maximum Gasteiger partial charge on any atom is 0.339 e. The second-order valence-corrected chi connectivity index (χ2v) is 6.82. The van der Waals surface area contributed by atoms with Gasteiger partial charge in [0.15, 0.2) is 5.75 Å².